The second kappa shape index (κ2) is 7.95. The predicted molar refractivity (Wildman–Crippen MR) is 115 cm³/mol. The Kier molecular flexibility index (Phi) is 5.83. The van der Waals surface area contributed by atoms with Crippen molar-refractivity contribution in [1.82, 2.24) is 0 Å². The van der Waals surface area contributed by atoms with Gasteiger partial charge >= 0.3 is 0 Å². The summed E-state index contributed by atoms with van der Waals surface area (Å²) in [7, 11) is -2.39. The van der Waals surface area contributed by atoms with E-state index in [9.17, 15) is 9.90 Å². The van der Waals surface area contributed by atoms with Crippen molar-refractivity contribution in [3.05, 3.63) is 71.8 Å². The standard InChI is InChI=1S/C24H30O2Si/c1-24(2,3)27(20-12-6-4-7-13-20,21-14-8-5-9-15-21)23-16-10-11-19(17-25)22(23)18-26/h4-9,12-15,18,23,25H,10-11,16-17H2,1-3H3. The molecule has 1 unspecified atom stereocenters. The van der Waals surface area contributed by atoms with Crippen molar-refractivity contribution in [2.75, 3.05) is 6.61 Å². The molecule has 27 heavy (non-hydrogen) atoms. The van der Waals surface area contributed by atoms with Crippen molar-refractivity contribution >= 4 is 24.7 Å². The van der Waals surface area contributed by atoms with Crippen molar-refractivity contribution in [2.45, 2.75) is 50.6 Å². The largest absolute Gasteiger partial charge is 0.392 e. The fourth-order valence-electron chi connectivity index (χ4n) is 5.21. The summed E-state index contributed by atoms with van der Waals surface area (Å²) in [6.07, 6.45) is 3.90. The predicted octanol–water partition coefficient (Wildman–Crippen LogP) is 4.09. The van der Waals surface area contributed by atoms with Crippen LogP contribution in [0.4, 0.5) is 0 Å². The molecule has 0 bridgehead atoms. The van der Waals surface area contributed by atoms with E-state index in [1.54, 1.807) is 0 Å². The lowest BCUT2D eigenvalue weighted by Gasteiger charge is -2.51. The molecule has 0 heterocycles. The molecule has 0 aliphatic heterocycles. The number of benzene rings is 2. The van der Waals surface area contributed by atoms with Gasteiger partial charge in [-0.1, -0.05) is 91.8 Å². The SMILES string of the molecule is CC(C)(C)[Si](c1ccccc1)(c1ccccc1)C1CCCC(CO)=C1C=O. The first-order valence-corrected chi connectivity index (χ1v) is 11.9. The fourth-order valence-corrected chi connectivity index (χ4v) is 11.9. The van der Waals surface area contributed by atoms with Crippen LogP contribution in [0.1, 0.15) is 40.0 Å². The third-order valence-electron chi connectivity index (χ3n) is 6.24. The maximum Gasteiger partial charge on any atom is 0.146 e. The number of aliphatic hydroxyl groups is 1. The molecule has 0 spiro atoms. The van der Waals surface area contributed by atoms with Crippen LogP contribution in [0.25, 0.3) is 0 Å². The molecule has 0 saturated carbocycles. The van der Waals surface area contributed by atoms with E-state index in [2.05, 4.69) is 81.4 Å². The molecule has 3 heteroatoms. The monoisotopic (exact) mass is 378 g/mol. The van der Waals surface area contributed by atoms with E-state index < -0.39 is 8.07 Å². The molecule has 2 aromatic rings. The van der Waals surface area contributed by atoms with Gasteiger partial charge in [-0.3, -0.25) is 4.79 Å². The number of hydrogen-bond acceptors (Lipinski definition) is 2. The van der Waals surface area contributed by atoms with Crippen LogP contribution in [-0.4, -0.2) is 26.1 Å². The lowest BCUT2D eigenvalue weighted by molar-refractivity contribution is -0.105. The highest BCUT2D eigenvalue weighted by Crippen LogP contribution is 2.50. The zero-order valence-corrected chi connectivity index (χ0v) is 17.6. The smallest absolute Gasteiger partial charge is 0.146 e. The molecule has 2 nitrogen and oxygen atoms in total. The van der Waals surface area contributed by atoms with Crippen LogP contribution in [0.15, 0.2) is 71.8 Å². The summed E-state index contributed by atoms with van der Waals surface area (Å²) in [6.45, 7) is 6.97. The van der Waals surface area contributed by atoms with Crippen LogP contribution in [0.5, 0.6) is 0 Å². The van der Waals surface area contributed by atoms with Gasteiger partial charge in [0.15, 0.2) is 0 Å². The van der Waals surface area contributed by atoms with Gasteiger partial charge in [0.25, 0.3) is 0 Å². The zero-order valence-electron chi connectivity index (χ0n) is 16.6. The minimum atomic E-state index is -2.39. The molecule has 3 rings (SSSR count). The molecule has 0 aromatic heterocycles. The summed E-state index contributed by atoms with van der Waals surface area (Å²) >= 11 is 0. The van der Waals surface area contributed by atoms with E-state index >= 15 is 0 Å². The Bertz CT molecular complexity index is 764. The van der Waals surface area contributed by atoms with Crippen LogP contribution in [0.2, 0.25) is 10.6 Å². The van der Waals surface area contributed by atoms with Gasteiger partial charge in [-0.05, 0) is 41.0 Å². The molecule has 2 aromatic carbocycles. The molecule has 1 atom stereocenters. The Labute approximate surface area is 164 Å². The minimum Gasteiger partial charge on any atom is -0.392 e. The van der Waals surface area contributed by atoms with Gasteiger partial charge in [-0.25, -0.2) is 0 Å². The highest BCUT2D eigenvalue weighted by molar-refractivity contribution is 7.05. The van der Waals surface area contributed by atoms with Crippen LogP contribution >= 0.6 is 0 Å². The summed E-state index contributed by atoms with van der Waals surface area (Å²) in [5.41, 5.74) is 1.97. The van der Waals surface area contributed by atoms with Gasteiger partial charge in [0.1, 0.15) is 14.4 Å². The van der Waals surface area contributed by atoms with Crippen LogP contribution in [-0.2, 0) is 4.79 Å². The summed E-state index contributed by atoms with van der Waals surface area (Å²) < 4.78 is 0. The van der Waals surface area contributed by atoms with Crippen molar-refractivity contribution in [3.8, 4) is 0 Å². The number of aliphatic hydroxyl groups excluding tert-OH is 1. The first-order valence-electron chi connectivity index (χ1n) is 9.85. The number of rotatable bonds is 5. The van der Waals surface area contributed by atoms with Crippen LogP contribution < -0.4 is 10.4 Å². The Morgan fingerprint density at radius 1 is 1.00 bits per heavy atom. The number of carbonyl (C=O) groups is 1. The van der Waals surface area contributed by atoms with E-state index in [4.69, 9.17) is 0 Å². The van der Waals surface area contributed by atoms with E-state index in [1.807, 2.05) is 0 Å². The Morgan fingerprint density at radius 2 is 1.52 bits per heavy atom. The molecule has 0 fully saturated rings. The van der Waals surface area contributed by atoms with Gasteiger partial charge in [-0.2, -0.15) is 0 Å². The molecular weight excluding hydrogens is 348 g/mol. The first kappa shape index (κ1) is 19.8. The van der Waals surface area contributed by atoms with Crippen LogP contribution in [0.3, 0.4) is 0 Å². The second-order valence-electron chi connectivity index (χ2n) is 8.57. The second-order valence-corrected chi connectivity index (χ2v) is 13.5. The van der Waals surface area contributed by atoms with E-state index in [0.717, 1.165) is 36.7 Å². The molecule has 142 valence electrons. The fraction of sp³-hybridized carbons (Fsp3) is 0.375. The van der Waals surface area contributed by atoms with Gasteiger partial charge in [0.2, 0.25) is 0 Å². The molecule has 0 saturated heterocycles. The number of carbonyl (C=O) groups excluding carboxylic acids is 1. The average molecular weight is 379 g/mol. The summed E-state index contributed by atoms with van der Waals surface area (Å²) in [5.74, 6) is 0. The van der Waals surface area contributed by atoms with E-state index in [0.29, 0.717) is 0 Å². The highest BCUT2D eigenvalue weighted by atomic mass is 28.3. The van der Waals surface area contributed by atoms with E-state index in [-0.39, 0.29) is 17.2 Å². The molecular formula is C24H30O2Si. The van der Waals surface area contributed by atoms with Crippen molar-refractivity contribution in [1.29, 1.82) is 0 Å². The van der Waals surface area contributed by atoms with Crippen molar-refractivity contribution in [3.63, 3.8) is 0 Å². The summed E-state index contributed by atoms with van der Waals surface area (Å²) in [4.78, 5) is 12.2. The maximum atomic E-state index is 12.2. The van der Waals surface area contributed by atoms with Gasteiger partial charge < -0.3 is 5.11 Å². The number of aldehydes is 1. The molecule has 0 amide bonds. The summed E-state index contributed by atoms with van der Waals surface area (Å²) in [5, 5.41) is 12.7. The molecule has 1 aliphatic rings. The van der Waals surface area contributed by atoms with Gasteiger partial charge in [0, 0.05) is 0 Å². The third-order valence-corrected chi connectivity index (χ3v) is 12.7. The zero-order chi connectivity index (χ0) is 19.5. The lowest BCUT2D eigenvalue weighted by Crippen LogP contribution is -2.67. The highest BCUT2D eigenvalue weighted by Gasteiger charge is 2.54. The third kappa shape index (κ3) is 3.35. The summed E-state index contributed by atoms with van der Waals surface area (Å²) in [6, 6.07) is 21.6. The van der Waals surface area contributed by atoms with Gasteiger partial charge in [-0.15, -0.1) is 0 Å². The molecule has 1 N–H and O–H groups in total. The average Bonchev–Trinajstić information content (AvgIpc) is 2.69. The minimum absolute atomic E-state index is 0.00649. The van der Waals surface area contributed by atoms with Crippen molar-refractivity contribution in [2.24, 2.45) is 0 Å². The Balaban J connectivity index is 2.39. The first-order chi connectivity index (χ1) is 13.0. The lowest BCUT2D eigenvalue weighted by atomic mass is 9.92. The Hall–Kier alpha value is -1.97. The van der Waals surface area contributed by atoms with Crippen LogP contribution in [0, 0.1) is 0 Å². The number of hydrogen-bond donors (Lipinski definition) is 1. The van der Waals surface area contributed by atoms with Gasteiger partial charge in [0.05, 0.1) is 6.61 Å². The van der Waals surface area contributed by atoms with E-state index in [1.165, 1.54) is 10.4 Å². The quantitative estimate of drug-likeness (QED) is 0.628. The molecule has 0 radical (unpaired) electrons. The maximum absolute atomic E-state index is 12.2. The normalized spacial score (nSPS) is 18.4. The topological polar surface area (TPSA) is 37.3 Å². The molecule has 1 aliphatic carbocycles. The Morgan fingerprint density at radius 3 is 1.93 bits per heavy atom. The van der Waals surface area contributed by atoms with Crippen molar-refractivity contribution < 1.29 is 9.90 Å². The number of allylic oxidation sites excluding steroid dienone is 1.